The van der Waals surface area contributed by atoms with E-state index in [0.717, 1.165) is 42.5 Å². The molecule has 4 rings (SSSR count). The number of cyclic esters (lactones) is 1. The Kier molecular flexibility index (Phi) is 8.77. The molecule has 9 heteroatoms. The van der Waals surface area contributed by atoms with Crippen LogP contribution in [-0.4, -0.2) is 31.7 Å². The van der Waals surface area contributed by atoms with E-state index >= 15 is 0 Å². The van der Waals surface area contributed by atoms with Crippen LogP contribution >= 0.6 is 35.3 Å². The van der Waals surface area contributed by atoms with Crippen LogP contribution in [-0.2, 0) is 24.2 Å². The molecule has 1 saturated heterocycles. The SMILES string of the molecule is I.O=C1OCCN1c1ccc(CN=C(NCCc2ccco2)NCc2cccs2)cc1. The molecule has 7 nitrogen and oxygen atoms in total. The van der Waals surface area contributed by atoms with Crippen LogP contribution in [0.25, 0.3) is 0 Å². The molecule has 0 saturated carbocycles. The Bertz CT molecular complexity index is 959. The number of hydrogen-bond acceptors (Lipinski definition) is 5. The molecule has 31 heavy (non-hydrogen) atoms. The first-order valence-electron chi connectivity index (χ1n) is 9.88. The number of carbonyl (C=O) groups excluding carboxylic acids is 1. The highest BCUT2D eigenvalue weighted by molar-refractivity contribution is 14.0. The zero-order valence-electron chi connectivity index (χ0n) is 17.0. The highest BCUT2D eigenvalue weighted by Crippen LogP contribution is 2.19. The first kappa shape index (κ1) is 23.1. The van der Waals surface area contributed by atoms with Crippen LogP contribution in [0.1, 0.15) is 16.2 Å². The van der Waals surface area contributed by atoms with Crippen LogP contribution in [0.15, 0.2) is 69.6 Å². The van der Waals surface area contributed by atoms with Gasteiger partial charge in [0.25, 0.3) is 0 Å². The van der Waals surface area contributed by atoms with E-state index in [2.05, 4.69) is 22.1 Å². The van der Waals surface area contributed by atoms with Crippen LogP contribution in [0.4, 0.5) is 10.5 Å². The molecule has 0 unspecified atom stereocenters. The number of thiophene rings is 1. The van der Waals surface area contributed by atoms with E-state index in [9.17, 15) is 4.79 Å². The third-order valence-electron chi connectivity index (χ3n) is 4.68. The summed E-state index contributed by atoms with van der Waals surface area (Å²) in [6.45, 7) is 3.01. The monoisotopic (exact) mass is 552 g/mol. The maximum Gasteiger partial charge on any atom is 0.414 e. The standard InChI is InChI=1S/C22H24N4O3S.HI/c27-22-26(11-13-29-22)18-7-5-17(6-8-18)15-24-21(25-16-20-4-2-14-30-20)23-10-9-19-3-1-12-28-19;/h1-8,12,14H,9-11,13,15-16H2,(H2,23,24,25);1H. The number of aliphatic imine (C=N–C) groups is 1. The molecule has 1 aliphatic heterocycles. The van der Waals surface area contributed by atoms with E-state index in [4.69, 9.17) is 14.1 Å². The van der Waals surface area contributed by atoms with Gasteiger partial charge in [0, 0.05) is 23.5 Å². The molecule has 3 aromatic rings. The number of furan rings is 1. The molecule has 0 atom stereocenters. The Labute approximate surface area is 202 Å². The fraction of sp³-hybridized carbons (Fsp3) is 0.273. The van der Waals surface area contributed by atoms with E-state index in [1.165, 1.54) is 4.88 Å². The second kappa shape index (κ2) is 11.8. The summed E-state index contributed by atoms with van der Waals surface area (Å²) in [6, 6.07) is 15.8. The average molecular weight is 552 g/mol. The highest BCUT2D eigenvalue weighted by atomic mass is 127. The smallest absolute Gasteiger partial charge is 0.414 e. The molecule has 0 bridgehead atoms. The summed E-state index contributed by atoms with van der Waals surface area (Å²) in [5.74, 6) is 1.69. The molecule has 1 amide bonds. The van der Waals surface area contributed by atoms with E-state index < -0.39 is 0 Å². The largest absolute Gasteiger partial charge is 0.469 e. The Hall–Kier alpha value is -2.53. The molecular weight excluding hydrogens is 527 g/mol. The van der Waals surface area contributed by atoms with Gasteiger partial charge in [-0.2, -0.15) is 0 Å². The van der Waals surface area contributed by atoms with Gasteiger partial charge in [0.05, 0.1) is 25.9 Å². The number of guanidine groups is 1. The molecular formula is C22H25IN4O3S. The lowest BCUT2D eigenvalue weighted by molar-refractivity contribution is 0.181. The van der Waals surface area contributed by atoms with Gasteiger partial charge in [-0.05, 0) is 41.3 Å². The van der Waals surface area contributed by atoms with Crippen LogP contribution in [0, 0.1) is 0 Å². The molecule has 0 radical (unpaired) electrons. The quantitative estimate of drug-likeness (QED) is 0.246. The summed E-state index contributed by atoms with van der Waals surface area (Å²) in [7, 11) is 0. The van der Waals surface area contributed by atoms with E-state index in [0.29, 0.717) is 19.7 Å². The lowest BCUT2D eigenvalue weighted by atomic mass is 10.2. The van der Waals surface area contributed by atoms with Gasteiger partial charge in [-0.25, -0.2) is 9.79 Å². The number of halogens is 1. The number of benzene rings is 1. The van der Waals surface area contributed by atoms with Crippen molar-refractivity contribution in [3.8, 4) is 0 Å². The van der Waals surface area contributed by atoms with Gasteiger partial charge in [-0.1, -0.05) is 18.2 Å². The number of hydrogen-bond donors (Lipinski definition) is 2. The molecule has 2 aromatic heterocycles. The number of rotatable bonds is 8. The van der Waals surface area contributed by atoms with Crippen molar-refractivity contribution in [2.24, 2.45) is 4.99 Å². The number of nitrogens with zero attached hydrogens (tertiary/aromatic N) is 2. The van der Waals surface area contributed by atoms with Crippen LogP contribution in [0.5, 0.6) is 0 Å². The normalized spacial score (nSPS) is 13.6. The summed E-state index contributed by atoms with van der Waals surface area (Å²) in [5.41, 5.74) is 1.91. The second-order valence-corrected chi connectivity index (χ2v) is 7.82. The summed E-state index contributed by atoms with van der Waals surface area (Å²) < 4.78 is 10.4. The van der Waals surface area contributed by atoms with Crippen molar-refractivity contribution in [2.75, 3.05) is 24.6 Å². The van der Waals surface area contributed by atoms with Crippen molar-refractivity contribution in [3.05, 3.63) is 76.4 Å². The summed E-state index contributed by atoms with van der Waals surface area (Å²) in [6.07, 6.45) is 2.18. The Morgan fingerprint density at radius 2 is 2.00 bits per heavy atom. The van der Waals surface area contributed by atoms with Crippen LogP contribution in [0.3, 0.4) is 0 Å². The molecule has 1 fully saturated rings. The summed E-state index contributed by atoms with van der Waals surface area (Å²) in [4.78, 5) is 19.3. The first-order valence-corrected chi connectivity index (χ1v) is 10.8. The number of nitrogens with one attached hydrogen (secondary N) is 2. The fourth-order valence-corrected chi connectivity index (χ4v) is 3.74. The molecule has 2 N–H and O–H groups in total. The van der Waals surface area contributed by atoms with Gasteiger partial charge in [0.2, 0.25) is 0 Å². The number of anilines is 1. The zero-order chi connectivity index (χ0) is 20.6. The summed E-state index contributed by atoms with van der Waals surface area (Å²) in [5, 5.41) is 8.82. The molecule has 0 aliphatic carbocycles. The lowest BCUT2D eigenvalue weighted by Crippen LogP contribution is -2.38. The van der Waals surface area contributed by atoms with Crippen molar-refractivity contribution in [1.29, 1.82) is 0 Å². The van der Waals surface area contributed by atoms with Gasteiger partial charge >= 0.3 is 6.09 Å². The second-order valence-electron chi connectivity index (χ2n) is 6.79. The maximum atomic E-state index is 11.7. The van der Waals surface area contributed by atoms with Gasteiger partial charge in [0.15, 0.2) is 5.96 Å². The third-order valence-corrected chi connectivity index (χ3v) is 5.56. The Morgan fingerprint density at radius 1 is 1.13 bits per heavy atom. The number of amides is 1. The third kappa shape index (κ3) is 6.73. The average Bonchev–Trinajstić information content (AvgIpc) is 3.53. The van der Waals surface area contributed by atoms with Crippen molar-refractivity contribution in [3.63, 3.8) is 0 Å². The van der Waals surface area contributed by atoms with Gasteiger partial charge in [-0.3, -0.25) is 4.90 Å². The molecule has 3 heterocycles. The molecule has 164 valence electrons. The number of ether oxygens (including phenoxy) is 1. The maximum absolute atomic E-state index is 11.7. The van der Waals surface area contributed by atoms with Gasteiger partial charge in [-0.15, -0.1) is 35.3 Å². The summed E-state index contributed by atoms with van der Waals surface area (Å²) >= 11 is 1.71. The Balaban J connectivity index is 0.00000272. The van der Waals surface area contributed by atoms with Gasteiger partial charge in [0.1, 0.15) is 12.4 Å². The predicted octanol–water partition coefficient (Wildman–Crippen LogP) is 4.39. The fourth-order valence-electron chi connectivity index (χ4n) is 3.10. The van der Waals surface area contributed by atoms with Crippen molar-refractivity contribution in [2.45, 2.75) is 19.5 Å². The lowest BCUT2D eigenvalue weighted by Gasteiger charge is -2.13. The Morgan fingerprint density at radius 3 is 2.68 bits per heavy atom. The topological polar surface area (TPSA) is 79.1 Å². The molecule has 0 spiro atoms. The predicted molar refractivity (Wildman–Crippen MR) is 133 cm³/mol. The van der Waals surface area contributed by atoms with Crippen LogP contribution < -0.4 is 15.5 Å². The highest BCUT2D eigenvalue weighted by Gasteiger charge is 2.23. The molecule has 1 aliphatic rings. The van der Waals surface area contributed by atoms with Crippen molar-refractivity contribution < 1.29 is 13.9 Å². The van der Waals surface area contributed by atoms with E-state index in [1.807, 2.05) is 42.5 Å². The first-order chi connectivity index (χ1) is 14.8. The minimum Gasteiger partial charge on any atom is -0.469 e. The van der Waals surface area contributed by atoms with Crippen molar-refractivity contribution in [1.82, 2.24) is 10.6 Å². The zero-order valence-corrected chi connectivity index (χ0v) is 20.1. The number of carbonyl (C=O) groups is 1. The van der Waals surface area contributed by atoms with Crippen molar-refractivity contribution >= 4 is 53.1 Å². The van der Waals surface area contributed by atoms with E-state index in [-0.39, 0.29) is 30.1 Å². The molecule has 1 aromatic carbocycles. The van der Waals surface area contributed by atoms with E-state index in [1.54, 1.807) is 22.5 Å². The minimum atomic E-state index is -0.290. The minimum absolute atomic E-state index is 0. The van der Waals surface area contributed by atoms with Crippen LogP contribution in [0.2, 0.25) is 0 Å². The van der Waals surface area contributed by atoms with Gasteiger partial charge < -0.3 is 19.8 Å².